The molecule has 32 heavy (non-hydrogen) atoms. The summed E-state index contributed by atoms with van der Waals surface area (Å²) in [6, 6.07) is 18.0. The molecule has 0 aromatic heterocycles. The predicted molar refractivity (Wildman–Crippen MR) is 135 cm³/mol. The van der Waals surface area contributed by atoms with Gasteiger partial charge in [0.15, 0.2) is 5.76 Å². The van der Waals surface area contributed by atoms with E-state index in [1.54, 1.807) is 20.5 Å². The molecule has 0 aliphatic rings. The van der Waals surface area contributed by atoms with Gasteiger partial charge in [-0.3, -0.25) is 0 Å². The van der Waals surface area contributed by atoms with Crippen LogP contribution in [0, 0.1) is 0 Å². The fourth-order valence-corrected chi connectivity index (χ4v) is 4.41. The molecule has 0 radical (unpaired) electrons. The second-order valence-corrected chi connectivity index (χ2v) is 18.2. The molecule has 0 aliphatic carbocycles. The minimum Gasteiger partial charge on any atom is -0.542 e. The third-order valence-electron chi connectivity index (χ3n) is 4.07. The van der Waals surface area contributed by atoms with Crippen LogP contribution in [0.25, 0.3) is 5.57 Å². The van der Waals surface area contributed by atoms with Crippen LogP contribution < -0.4 is 4.74 Å². The maximum Gasteiger partial charge on any atom is 0.277 e. The van der Waals surface area contributed by atoms with Crippen LogP contribution >= 0.6 is 0 Å². The fourth-order valence-electron chi connectivity index (χ4n) is 2.86. The molecule has 0 unspecified atom stereocenters. The van der Waals surface area contributed by atoms with Gasteiger partial charge in [-0.05, 0) is 62.5 Å². The zero-order valence-electron chi connectivity index (χ0n) is 20.5. The molecule has 0 saturated heterocycles. The van der Waals surface area contributed by atoms with Crippen molar-refractivity contribution < 1.29 is 23.1 Å². The van der Waals surface area contributed by atoms with Gasteiger partial charge in [-0.15, -0.1) is 0 Å². The zero-order chi connectivity index (χ0) is 23.8. The van der Waals surface area contributed by atoms with Crippen molar-refractivity contribution in [3.8, 4) is 5.75 Å². The van der Waals surface area contributed by atoms with E-state index in [4.69, 9.17) is 23.1 Å². The molecule has 0 amide bonds. The van der Waals surface area contributed by atoms with Crippen molar-refractivity contribution in [3.05, 3.63) is 83.7 Å². The summed E-state index contributed by atoms with van der Waals surface area (Å²) >= 11 is 0. The molecule has 0 atom stereocenters. The normalized spacial score (nSPS) is 13.2. The van der Waals surface area contributed by atoms with Gasteiger partial charge in [0.25, 0.3) is 5.95 Å². The summed E-state index contributed by atoms with van der Waals surface area (Å²) < 4.78 is 29.7. The van der Waals surface area contributed by atoms with Gasteiger partial charge in [0.05, 0.1) is 14.2 Å². The van der Waals surface area contributed by atoms with E-state index < -0.39 is 16.6 Å². The van der Waals surface area contributed by atoms with Gasteiger partial charge in [-0.25, -0.2) is 0 Å². The van der Waals surface area contributed by atoms with Gasteiger partial charge in [-0.2, -0.15) is 0 Å². The summed E-state index contributed by atoms with van der Waals surface area (Å²) in [5, 5.41) is 0. The Labute approximate surface area is 194 Å². The second-order valence-electron chi connectivity index (χ2n) is 9.31. The molecule has 174 valence electrons. The van der Waals surface area contributed by atoms with Crippen LogP contribution in [-0.2, 0) is 24.9 Å². The lowest BCUT2D eigenvalue weighted by Gasteiger charge is -2.27. The molecule has 2 aromatic carbocycles. The quantitative estimate of drug-likeness (QED) is 0.205. The number of hydrogen-bond acceptors (Lipinski definition) is 5. The predicted octanol–water partition coefficient (Wildman–Crippen LogP) is 6.77. The van der Waals surface area contributed by atoms with Crippen LogP contribution in [0.3, 0.4) is 0 Å². The number of hydrogen-bond donors (Lipinski definition) is 0. The molecule has 0 N–H and O–H groups in total. The summed E-state index contributed by atoms with van der Waals surface area (Å²) in [5.41, 5.74) is 2.75. The first-order valence-corrected chi connectivity index (χ1v) is 17.5. The summed E-state index contributed by atoms with van der Waals surface area (Å²) in [6.07, 6.45) is 1.61. The first-order chi connectivity index (χ1) is 15.0. The van der Waals surface area contributed by atoms with E-state index >= 15 is 0 Å². The highest BCUT2D eigenvalue weighted by atomic mass is 28.4. The topological polar surface area (TPSA) is 46.2 Å². The lowest BCUT2D eigenvalue weighted by molar-refractivity contribution is 0.148. The minimum atomic E-state index is -1.95. The first kappa shape index (κ1) is 25.6. The van der Waals surface area contributed by atoms with Crippen molar-refractivity contribution in [2.24, 2.45) is 0 Å². The monoisotopic (exact) mass is 472 g/mol. The molecule has 2 aromatic rings. The SMILES string of the molecule is CO/C=C(O[Si](C)(C)C)\C(=C(/OC)O[Si](C)(C)C)c1ccc(OCc2ccccc2)cc1. The van der Waals surface area contributed by atoms with Crippen molar-refractivity contribution in [2.75, 3.05) is 14.2 Å². The number of methoxy groups -OCH3 is 2. The molecule has 7 heteroatoms. The molecule has 5 nitrogen and oxygen atoms in total. The number of allylic oxidation sites excluding steroid dienone is 1. The highest BCUT2D eigenvalue weighted by Gasteiger charge is 2.28. The lowest BCUT2D eigenvalue weighted by atomic mass is 10.1. The van der Waals surface area contributed by atoms with Gasteiger partial charge < -0.3 is 23.1 Å². The van der Waals surface area contributed by atoms with Crippen molar-refractivity contribution in [2.45, 2.75) is 45.9 Å². The van der Waals surface area contributed by atoms with E-state index in [0.29, 0.717) is 18.3 Å². The van der Waals surface area contributed by atoms with Gasteiger partial charge >= 0.3 is 0 Å². The highest BCUT2D eigenvalue weighted by molar-refractivity contribution is 6.70. The summed E-state index contributed by atoms with van der Waals surface area (Å²) in [7, 11) is -0.658. The molecule has 0 bridgehead atoms. The van der Waals surface area contributed by atoms with Crippen LogP contribution in [0.2, 0.25) is 39.3 Å². The summed E-state index contributed by atoms with van der Waals surface area (Å²) in [4.78, 5) is 0. The largest absolute Gasteiger partial charge is 0.542 e. The van der Waals surface area contributed by atoms with E-state index in [0.717, 1.165) is 22.4 Å². The second kappa shape index (κ2) is 11.3. The molecule has 0 saturated carbocycles. The van der Waals surface area contributed by atoms with Crippen LogP contribution in [0.5, 0.6) is 5.75 Å². The number of rotatable bonds is 11. The molecule has 0 aliphatic heterocycles. The van der Waals surface area contributed by atoms with E-state index in [2.05, 4.69) is 39.3 Å². The molecular weight excluding hydrogens is 436 g/mol. The summed E-state index contributed by atoms with van der Waals surface area (Å²) in [6.45, 7) is 13.2. The highest BCUT2D eigenvalue weighted by Crippen LogP contribution is 2.33. The molecular formula is C25H36O5Si2. The number of benzene rings is 2. The Balaban J connectivity index is 2.43. The average molecular weight is 473 g/mol. The first-order valence-electron chi connectivity index (χ1n) is 10.7. The molecule has 0 spiro atoms. The standard InChI is InChI=1S/C25H36O5Si2/c1-26-19-23(29-31(3,4)5)24(25(27-2)30-32(6,7)8)21-14-16-22(17-15-21)28-18-20-12-10-9-11-13-20/h9-17,19H,18H2,1-8H3/b23-19+,25-24+. The maximum atomic E-state index is 6.37. The molecule has 2 rings (SSSR count). The van der Waals surface area contributed by atoms with Gasteiger partial charge in [0.2, 0.25) is 16.6 Å². The zero-order valence-corrected chi connectivity index (χ0v) is 22.5. The maximum absolute atomic E-state index is 6.37. The molecule has 0 fully saturated rings. The summed E-state index contributed by atoms with van der Waals surface area (Å²) in [5.74, 6) is 1.81. The third-order valence-corrected chi connectivity index (χ3v) is 5.70. The number of ether oxygens (including phenoxy) is 3. The van der Waals surface area contributed by atoms with Gasteiger partial charge in [-0.1, -0.05) is 42.5 Å². The Morgan fingerprint density at radius 1 is 0.781 bits per heavy atom. The van der Waals surface area contributed by atoms with Crippen LogP contribution in [0.15, 0.2) is 72.6 Å². The van der Waals surface area contributed by atoms with Crippen molar-refractivity contribution in [1.82, 2.24) is 0 Å². The fraction of sp³-hybridized carbons (Fsp3) is 0.360. The van der Waals surface area contributed by atoms with E-state index in [1.165, 1.54) is 0 Å². The Morgan fingerprint density at radius 2 is 1.38 bits per heavy atom. The van der Waals surface area contributed by atoms with E-state index in [1.807, 2.05) is 54.6 Å². The van der Waals surface area contributed by atoms with E-state index in [9.17, 15) is 0 Å². The Morgan fingerprint density at radius 3 is 1.88 bits per heavy atom. The molecule has 0 heterocycles. The average Bonchev–Trinajstić information content (AvgIpc) is 2.71. The van der Waals surface area contributed by atoms with Crippen LogP contribution in [0.1, 0.15) is 11.1 Å². The Bertz CT molecular complexity index is 908. The van der Waals surface area contributed by atoms with Crippen molar-refractivity contribution >= 4 is 22.2 Å². The smallest absolute Gasteiger partial charge is 0.277 e. The third kappa shape index (κ3) is 8.47. The van der Waals surface area contributed by atoms with Crippen molar-refractivity contribution in [1.29, 1.82) is 0 Å². The lowest BCUT2D eigenvalue weighted by Crippen LogP contribution is -2.28. The minimum absolute atomic E-state index is 0.434. The van der Waals surface area contributed by atoms with Crippen LogP contribution in [-0.4, -0.2) is 30.9 Å². The van der Waals surface area contributed by atoms with Crippen LogP contribution in [0.4, 0.5) is 0 Å². The van der Waals surface area contributed by atoms with Gasteiger partial charge in [0.1, 0.15) is 24.2 Å². The Hall–Kier alpha value is -2.65. The Kier molecular flexibility index (Phi) is 9.03. The van der Waals surface area contributed by atoms with E-state index in [-0.39, 0.29) is 0 Å². The van der Waals surface area contributed by atoms with Gasteiger partial charge in [0, 0.05) is 0 Å². The van der Waals surface area contributed by atoms with Crippen molar-refractivity contribution in [3.63, 3.8) is 0 Å².